The van der Waals surface area contributed by atoms with Gasteiger partial charge in [0.2, 0.25) is 0 Å². The molecule has 7 heteroatoms. The van der Waals surface area contributed by atoms with Gasteiger partial charge in [0.05, 0.1) is 0 Å². The molecule has 0 aromatic heterocycles. The number of nitrogens with zero attached hydrogens (tertiary/aromatic N) is 1. The van der Waals surface area contributed by atoms with E-state index in [2.05, 4.69) is 10.6 Å². The van der Waals surface area contributed by atoms with Gasteiger partial charge in [0.1, 0.15) is 11.4 Å². The molecule has 2 N–H and O–H groups in total. The van der Waals surface area contributed by atoms with Crippen LogP contribution in [0.3, 0.4) is 0 Å². The average molecular weight is 377 g/mol. The van der Waals surface area contributed by atoms with Gasteiger partial charge in [-0.25, -0.2) is 9.59 Å². The van der Waals surface area contributed by atoms with Gasteiger partial charge in [-0.05, 0) is 70.7 Å². The van der Waals surface area contributed by atoms with Gasteiger partial charge in [-0.1, -0.05) is 6.07 Å². The second kappa shape index (κ2) is 8.97. The van der Waals surface area contributed by atoms with Crippen LogP contribution in [0.5, 0.6) is 5.75 Å². The first-order chi connectivity index (χ1) is 12.6. The quantitative estimate of drug-likeness (QED) is 0.789. The molecule has 0 radical (unpaired) electrons. The number of rotatable bonds is 4. The Labute approximate surface area is 161 Å². The molecule has 0 saturated carbocycles. The normalized spacial score (nSPS) is 15.2. The topological polar surface area (TPSA) is 79.9 Å². The van der Waals surface area contributed by atoms with Gasteiger partial charge in [-0.2, -0.15) is 0 Å². The Hall–Kier alpha value is -2.44. The molecular weight excluding hydrogens is 346 g/mol. The van der Waals surface area contributed by atoms with Crippen molar-refractivity contribution >= 4 is 12.1 Å². The summed E-state index contributed by atoms with van der Waals surface area (Å²) in [5.74, 6) is 0.726. The van der Waals surface area contributed by atoms with Crippen LogP contribution in [-0.4, -0.2) is 48.5 Å². The minimum absolute atomic E-state index is 0.0327. The van der Waals surface area contributed by atoms with E-state index < -0.39 is 5.60 Å². The number of aryl methyl sites for hydroxylation is 2. The molecule has 1 saturated heterocycles. The van der Waals surface area contributed by atoms with E-state index in [9.17, 15) is 9.59 Å². The lowest BCUT2D eigenvalue weighted by Crippen LogP contribution is -2.50. The molecule has 1 fully saturated rings. The van der Waals surface area contributed by atoms with E-state index in [4.69, 9.17) is 9.47 Å². The number of piperidine rings is 1. The Balaban J connectivity index is 1.67. The van der Waals surface area contributed by atoms with E-state index >= 15 is 0 Å². The first kappa shape index (κ1) is 20.9. The van der Waals surface area contributed by atoms with E-state index in [1.807, 2.05) is 52.8 Å². The minimum atomic E-state index is -0.498. The molecule has 0 spiro atoms. The van der Waals surface area contributed by atoms with Crippen LogP contribution in [0.25, 0.3) is 0 Å². The molecule has 1 aromatic rings. The molecule has 0 aliphatic carbocycles. The summed E-state index contributed by atoms with van der Waals surface area (Å²) in [6, 6.07) is 5.58. The Morgan fingerprint density at radius 1 is 1.15 bits per heavy atom. The number of ether oxygens (including phenoxy) is 2. The third-order valence-corrected chi connectivity index (χ3v) is 4.43. The molecule has 0 unspecified atom stereocenters. The summed E-state index contributed by atoms with van der Waals surface area (Å²) >= 11 is 0. The number of carbonyl (C=O) groups is 2. The maximum atomic E-state index is 12.1. The molecule has 27 heavy (non-hydrogen) atoms. The van der Waals surface area contributed by atoms with Crippen molar-refractivity contribution in [3.05, 3.63) is 29.3 Å². The standard InChI is InChI=1S/C20H31N3O4/c1-14-6-7-17(12-15(14)2)26-13-21-18(24)22-16-8-10-23(11-9-16)19(25)27-20(3,4)5/h6-7,12,16H,8-11,13H2,1-5H3,(H2,21,22,24). The number of carbonyl (C=O) groups excluding carboxylic acids is 2. The molecular formula is C20H31N3O4. The second-order valence-electron chi connectivity index (χ2n) is 7.93. The van der Waals surface area contributed by atoms with Gasteiger partial charge in [-0.3, -0.25) is 0 Å². The molecule has 1 heterocycles. The van der Waals surface area contributed by atoms with Crippen LogP contribution in [0.4, 0.5) is 9.59 Å². The second-order valence-corrected chi connectivity index (χ2v) is 7.93. The van der Waals surface area contributed by atoms with Gasteiger partial charge in [0.25, 0.3) is 0 Å². The first-order valence-corrected chi connectivity index (χ1v) is 9.36. The molecule has 150 valence electrons. The molecule has 1 aromatic carbocycles. The fourth-order valence-corrected chi connectivity index (χ4v) is 2.76. The summed E-state index contributed by atoms with van der Waals surface area (Å²) in [5.41, 5.74) is 1.85. The monoisotopic (exact) mass is 377 g/mol. The van der Waals surface area contributed by atoms with E-state index in [1.54, 1.807) is 4.90 Å². The Bertz CT molecular complexity index is 662. The highest BCUT2D eigenvalue weighted by molar-refractivity contribution is 5.74. The van der Waals surface area contributed by atoms with Crippen LogP contribution in [0, 0.1) is 13.8 Å². The van der Waals surface area contributed by atoms with Crippen LogP contribution in [-0.2, 0) is 4.74 Å². The van der Waals surface area contributed by atoms with Crippen LogP contribution in [0.15, 0.2) is 18.2 Å². The fraction of sp³-hybridized carbons (Fsp3) is 0.600. The molecule has 1 aliphatic heterocycles. The molecule has 1 aliphatic rings. The zero-order valence-corrected chi connectivity index (χ0v) is 16.9. The lowest BCUT2D eigenvalue weighted by atomic mass is 10.1. The van der Waals surface area contributed by atoms with Crippen molar-refractivity contribution in [1.29, 1.82) is 0 Å². The highest BCUT2D eigenvalue weighted by atomic mass is 16.6. The van der Waals surface area contributed by atoms with Crippen molar-refractivity contribution < 1.29 is 19.1 Å². The van der Waals surface area contributed by atoms with Crippen molar-refractivity contribution in [2.45, 2.75) is 59.1 Å². The van der Waals surface area contributed by atoms with Crippen molar-refractivity contribution in [2.75, 3.05) is 19.8 Å². The number of benzene rings is 1. The maximum absolute atomic E-state index is 12.1. The number of amides is 3. The van der Waals surface area contributed by atoms with Crippen LogP contribution in [0.2, 0.25) is 0 Å². The van der Waals surface area contributed by atoms with Crippen molar-refractivity contribution in [3.8, 4) is 5.75 Å². The van der Waals surface area contributed by atoms with Gasteiger partial charge in [-0.15, -0.1) is 0 Å². The lowest BCUT2D eigenvalue weighted by molar-refractivity contribution is 0.0201. The largest absolute Gasteiger partial charge is 0.473 e. The predicted molar refractivity (Wildman–Crippen MR) is 104 cm³/mol. The maximum Gasteiger partial charge on any atom is 0.410 e. The summed E-state index contributed by atoms with van der Waals surface area (Å²) in [6.45, 7) is 10.9. The number of likely N-dealkylation sites (tertiary alicyclic amines) is 1. The number of nitrogens with one attached hydrogen (secondary N) is 2. The van der Waals surface area contributed by atoms with Gasteiger partial charge < -0.3 is 25.0 Å². The van der Waals surface area contributed by atoms with Gasteiger partial charge in [0.15, 0.2) is 6.73 Å². The average Bonchev–Trinajstić information content (AvgIpc) is 2.57. The molecule has 0 bridgehead atoms. The third kappa shape index (κ3) is 7.00. The number of hydrogen-bond acceptors (Lipinski definition) is 4. The SMILES string of the molecule is Cc1ccc(OCNC(=O)NC2CCN(C(=O)OC(C)(C)C)CC2)cc1C. The van der Waals surface area contributed by atoms with Crippen LogP contribution < -0.4 is 15.4 Å². The smallest absolute Gasteiger partial charge is 0.410 e. The van der Waals surface area contributed by atoms with Crippen molar-refractivity contribution in [3.63, 3.8) is 0 Å². The third-order valence-electron chi connectivity index (χ3n) is 4.43. The first-order valence-electron chi connectivity index (χ1n) is 9.36. The highest BCUT2D eigenvalue weighted by Gasteiger charge is 2.27. The van der Waals surface area contributed by atoms with Gasteiger partial charge >= 0.3 is 12.1 Å². The van der Waals surface area contributed by atoms with Gasteiger partial charge in [0, 0.05) is 19.1 Å². The fourth-order valence-electron chi connectivity index (χ4n) is 2.76. The van der Waals surface area contributed by atoms with Crippen molar-refractivity contribution in [1.82, 2.24) is 15.5 Å². The molecule has 0 atom stereocenters. The molecule has 3 amide bonds. The van der Waals surface area contributed by atoms with Crippen LogP contribution in [0.1, 0.15) is 44.7 Å². The summed E-state index contributed by atoms with van der Waals surface area (Å²) in [6.07, 6.45) is 1.10. The zero-order chi connectivity index (χ0) is 20.0. The number of urea groups is 1. The predicted octanol–water partition coefficient (Wildman–Crippen LogP) is 3.34. The minimum Gasteiger partial charge on any atom is -0.473 e. The molecule has 2 rings (SSSR count). The van der Waals surface area contributed by atoms with E-state index in [0.717, 1.165) is 11.3 Å². The summed E-state index contributed by atoms with van der Waals surface area (Å²) in [7, 11) is 0. The summed E-state index contributed by atoms with van der Waals surface area (Å²) in [4.78, 5) is 25.8. The van der Waals surface area contributed by atoms with Crippen molar-refractivity contribution in [2.24, 2.45) is 0 Å². The van der Waals surface area contributed by atoms with E-state index in [1.165, 1.54) is 5.56 Å². The van der Waals surface area contributed by atoms with E-state index in [-0.39, 0.29) is 24.9 Å². The molecule has 7 nitrogen and oxygen atoms in total. The Kier molecular flexibility index (Phi) is 6.93. The van der Waals surface area contributed by atoms with Crippen LogP contribution >= 0.6 is 0 Å². The highest BCUT2D eigenvalue weighted by Crippen LogP contribution is 2.17. The number of hydrogen-bond donors (Lipinski definition) is 2. The zero-order valence-electron chi connectivity index (χ0n) is 16.9. The summed E-state index contributed by atoms with van der Waals surface area (Å²) < 4.78 is 10.9. The van der Waals surface area contributed by atoms with E-state index in [0.29, 0.717) is 25.9 Å². The Morgan fingerprint density at radius 3 is 2.41 bits per heavy atom. The summed E-state index contributed by atoms with van der Waals surface area (Å²) in [5, 5.41) is 5.62. The Morgan fingerprint density at radius 2 is 1.81 bits per heavy atom. The lowest BCUT2D eigenvalue weighted by Gasteiger charge is -2.33.